The Labute approximate surface area is 224 Å². The van der Waals surface area contributed by atoms with Crippen LogP contribution in [0.15, 0.2) is 103 Å². The van der Waals surface area contributed by atoms with Crippen LogP contribution in [0.2, 0.25) is 0 Å². The topological polar surface area (TPSA) is 58.6 Å². The first kappa shape index (κ1) is 25.3. The zero-order valence-electron chi connectivity index (χ0n) is 21.8. The number of hydrogen-bond donors (Lipinski definition) is 1. The van der Waals surface area contributed by atoms with Crippen molar-refractivity contribution in [3.63, 3.8) is 0 Å². The molecule has 4 aromatic rings. The summed E-state index contributed by atoms with van der Waals surface area (Å²) in [7, 11) is 0. The van der Waals surface area contributed by atoms with E-state index in [1.165, 1.54) is 5.56 Å². The summed E-state index contributed by atoms with van der Waals surface area (Å²) in [5, 5.41) is 2.95. The van der Waals surface area contributed by atoms with Crippen LogP contribution in [0.25, 0.3) is 0 Å². The Morgan fingerprint density at radius 3 is 2.39 bits per heavy atom. The van der Waals surface area contributed by atoms with Crippen LogP contribution >= 0.6 is 0 Å². The van der Waals surface area contributed by atoms with Crippen molar-refractivity contribution < 1.29 is 14.3 Å². The van der Waals surface area contributed by atoms with Gasteiger partial charge >= 0.3 is 0 Å². The molecule has 4 aromatic carbocycles. The summed E-state index contributed by atoms with van der Waals surface area (Å²) in [6.45, 7) is 4.89. The van der Waals surface area contributed by atoms with Gasteiger partial charge in [0.1, 0.15) is 5.75 Å². The molecule has 5 nitrogen and oxygen atoms in total. The lowest BCUT2D eigenvalue weighted by atomic mass is 9.87. The monoisotopic (exact) mass is 504 g/mol. The first-order valence-corrected chi connectivity index (χ1v) is 13.0. The first-order chi connectivity index (χ1) is 18.5. The van der Waals surface area contributed by atoms with Gasteiger partial charge in [-0.25, -0.2) is 0 Å². The van der Waals surface area contributed by atoms with E-state index in [1.54, 1.807) is 6.92 Å². The summed E-state index contributed by atoms with van der Waals surface area (Å²) in [5.74, 6) is 0.434. The van der Waals surface area contributed by atoms with Crippen LogP contribution in [0.1, 0.15) is 51.1 Å². The van der Waals surface area contributed by atoms with Crippen LogP contribution in [0.4, 0.5) is 0 Å². The molecule has 5 heteroatoms. The number of carbonyl (C=O) groups is 2. The number of hydrogen-bond acceptors (Lipinski definition) is 3. The van der Waals surface area contributed by atoms with E-state index < -0.39 is 6.10 Å². The van der Waals surface area contributed by atoms with Crippen LogP contribution in [0.5, 0.6) is 5.75 Å². The Hall–Kier alpha value is -4.38. The number of nitrogens with one attached hydrogen (secondary N) is 1. The van der Waals surface area contributed by atoms with Gasteiger partial charge in [0.2, 0.25) is 0 Å². The van der Waals surface area contributed by atoms with Crippen LogP contribution in [-0.2, 0) is 17.8 Å². The third-order valence-electron chi connectivity index (χ3n) is 6.98. The number of ether oxygens (including phenoxy) is 1. The molecule has 1 N–H and O–H groups in total. The maximum atomic E-state index is 13.7. The molecule has 0 fully saturated rings. The molecule has 1 heterocycles. The maximum Gasteiger partial charge on any atom is 0.261 e. The minimum Gasteiger partial charge on any atom is -0.481 e. The zero-order chi connectivity index (χ0) is 26.5. The quantitative estimate of drug-likeness (QED) is 0.343. The predicted octanol–water partition coefficient (Wildman–Crippen LogP) is 5.87. The van der Waals surface area contributed by atoms with E-state index in [2.05, 4.69) is 36.5 Å². The molecular weight excluding hydrogens is 472 g/mol. The van der Waals surface area contributed by atoms with Crippen molar-refractivity contribution in [2.45, 2.75) is 39.0 Å². The van der Waals surface area contributed by atoms with Gasteiger partial charge in [-0.3, -0.25) is 9.59 Å². The van der Waals surface area contributed by atoms with E-state index in [0.29, 0.717) is 24.4 Å². The van der Waals surface area contributed by atoms with Gasteiger partial charge in [-0.15, -0.1) is 0 Å². The number of nitrogens with zero attached hydrogens (tertiary/aromatic N) is 1. The standard InChI is InChI=1S/C33H32N2O3/c1-23-10-9-15-28(20-23)31-30-21-29(38-24(2)32(36)34-22-25-11-5-3-6-12-25)17-16-26(30)18-19-35(31)33(37)27-13-7-4-8-14-27/h3-17,20-21,24,31H,18-19,22H2,1-2H3,(H,34,36)/t24-,31-/m0/s1. The fourth-order valence-corrected chi connectivity index (χ4v) is 5.02. The van der Waals surface area contributed by atoms with Crippen LogP contribution in [0, 0.1) is 6.92 Å². The van der Waals surface area contributed by atoms with Gasteiger partial charge in [-0.05, 0) is 66.8 Å². The van der Waals surface area contributed by atoms with Crippen LogP contribution < -0.4 is 10.1 Å². The highest BCUT2D eigenvalue weighted by atomic mass is 16.5. The second kappa shape index (κ2) is 11.3. The molecule has 1 aliphatic heterocycles. The maximum absolute atomic E-state index is 13.7. The second-order valence-corrected chi connectivity index (χ2v) is 9.76. The third-order valence-corrected chi connectivity index (χ3v) is 6.98. The number of amides is 2. The Kier molecular flexibility index (Phi) is 7.55. The number of fused-ring (bicyclic) bond motifs is 1. The van der Waals surface area contributed by atoms with Gasteiger partial charge in [0, 0.05) is 18.7 Å². The summed E-state index contributed by atoms with van der Waals surface area (Å²) in [6, 6.07) is 33.3. The average Bonchev–Trinajstić information content (AvgIpc) is 2.95. The molecule has 0 bridgehead atoms. The molecule has 2 amide bonds. The lowest BCUT2D eigenvalue weighted by Gasteiger charge is -2.38. The fourth-order valence-electron chi connectivity index (χ4n) is 5.02. The molecular formula is C33H32N2O3. The van der Waals surface area contributed by atoms with Crippen LogP contribution in [0.3, 0.4) is 0 Å². The minimum absolute atomic E-state index is 0.00253. The number of aryl methyl sites for hydroxylation is 1. The zero-order valence-corrected chi connectivity index (χ0v) is 21.8. The van der Waals surface area contributed by atoms with Gasteiger partial charge in [0.25, 0.3) is 11.8 Å². The Morgan fingerprint density at radius 2 is 1.66 bits per heavy atom. The van der Waals surface area contributed by atoms with E-state index >= 15 is 0 Å². The van der Waals surface area contributed by atoms with Gasteiger partial charge < -0.3 is 15.0 Å². The molecule has 2 atom stereocenters. The summed E-state index contributed by atoms with van der Waals surface area (Å²) < 4.78 is 6.10. The highest BCUT2D eigenvalue weighted by molar-refractivity contribution is 5.95. The van der Waals surface area contributed by atoms with Crippen molar-refractivity contribution in [2.75, 3.05) is 6.54 Å². The van der Waals surface area contributed by atoms with Crippen LogP contribution in [-0.4, -0.2) is 29.4 Å². The molecule has 5 rings (SSSR count). The normalized spacial score (nSPS) is 15.3. The average molecular weight is 505 g/mol. The van der Waals surface area contributed by atoms with Crippen molar-refractivity contribution in [2.24, 2.45) is 0 Å². The molecule has 1 aliphatic rings. The van der Waals surface area contributed by atoms with E-state index in [-0.39, 0.29) is 17.9 Å². The van der Waals surface area contributed by atoms with Crippen molar-refractivity contribution in [3.8, 4) is 5.75 Å². The molecule has 192 valence electrons. The highest BCUT2D eigenvalue weighted by Gasteiger charge is 2.33. The fraction of sp³-hybridized carbons (Fsp3) is 0.212. The van der Waals surface area contributed by atoms with Crippen molar-refractivity contribution in [3.05, 3.63) is 137 Å². The molecule has 0 saturated carbocycles. The molecule has 0 radical (unpaired) electrons. The smallest absolute Gasteiger partial charge is 0.261 e. The summed E-state index contributed by atoms with van der Waals surface area (Å²) in [4.78, 5) is 28.4. The lowest BCUT2D eigenvalue weighted by Crippen LogP contribution is -2.40. The molecule has 0 saturated heterocycles. The van der Waals surface area contributed by atoms with E-state index in [0.717, 1.165) is 28.7 Å². The second-order valence-electron chi connectivity index (χ2n) is 9.76. The lowest BCUT2D eigenvalue weighted by molar-refractivity contribution is -0.127. The largest absolute Gasteiger partial charge is 0.481 e. The molecule has 0 unspecified atom stereocenters. The summed E-state index contributed by atoms with van der Waals surface area (Å²) in [5.41, 5.74) is 6.11. The first-order valence-electron chi connectivity index (χ1n) is 13.0. The Balaban J connectivity index is 1.41. The van der Waals surface area contributed by atoms with Crippen molar-refractivity contribution in [1.29, 1.82) is 0 Å². The number of rotatable bonds is 7. The van der Waals surface area contributed by atoms with Gasteiger partial charge in [0.15, 0.2) is 6.10 Å². The highest BCUT2D eigenvalue weighted by Crippen LogP contribution is 2.38. The summed E-state index contributed by atoms with van der Waals surface area (Å²) >= 11 is 0. The Bertz CT molecular complexity index is 1420. The van der Waals surface area contributed by atoms with Crippen molar-refractivity contribution in [1.82, 2.24) is 10.2 Å². The Morgan fingerprint density at radius 1 is 0.921 bits per heavy atom. The number of benzene rings is 4. The van der Waals surface area contributed by atoms with Gasteiger partial charge in [0.05, 0.1) is 6.04 Å². The van der Waals surface area contributed by atoms with Gasteiger partial charge in [-0.2, -0.15) is 0 Å². The predicted molar refractivity (Wildman–Crippen MR) is 149 cm³/mol. The minimum atomic E-state index is -0.667. The molecule has 0 spiro atoms. The molecule has 38 heavy (non-hydrogen) atoms. The van der Waals surface area contributed by atoms with E-state index in [4.69, 9.17) is 4.74 Å². The van der Waals surface area contributed by atoms with Crippen molar-refractivity contribution >= 4 is 11.8 Å². The van der Waals surface area contributed by atoms with E-state index in [9.17, 15) is 9.59 Å². The van der Waals surface area contributed by atoms with E-state index in [1.807, 2.05) is 83.8 Å². The van der Waals surface area contributed by atoms with Gasteiger partial charge in [-0.1, -0.05) is 84.4 Å². The SMILES string of the molecule is Cc1cccc([C@H]2c3cc(O[C@@H](C)C(=O)NCc4ccccc4)ccc3CCN2C(=O)c2ccccc2)c1. The third kappa shape index (κ3) is 5.62. The summed E-state index contributed by atoms with van der Waals surface area (Å²) in [6.07, 6.45) is 0.0868. The number of carbonyl (C=O) groups excluding carboxylic acids is 2. The molecule has 0 aromatic heterocycles. The molecule has 0 aliphatic carbocycles.